The number of aliphatic hydroxyl groups excluding tert-OH is 1. The van der Waals surface area contributed by atoms with E-state index in [1.54, 1.807) is 0 Å². The van der Waals surface area contributed by atoms with Crippen LogP contribution >= 0.6 is 7.82 Å². The minimum atomic E-state index is -4.75. The number of unbranched alkanes of at least 4 members (excludes halogenated alkanes) is 18. The van der Waals surface area contributed by atoms with Crippen LogP contribution in [0.5, 0.6) is 0 Å². The average Bonchev–Trinajstić information content (AvgIpc) is 3.30. The number of carbonyl (C=O) groups excluding carboxylic acids is 3. The van der Waals surface area contributed by atoms with Crippen LogP contribution in [0, 0.1) is 0 Å². The molecule has 11 nitrogen and oxygen atoms in total. The molecule has 0 fully saturated rings. The van der Waals surface area contributed by atoms with E-state index in [9.17, 15) is 28.9 Å². The molecule has 3 unspecified atom stereocenters. The molecule has 0 bridgehead atoms. The van der Waals surface area contributed by atoms with Crippen LogP contribution in [0.2, 0.25) is 0 Å². The topological polar surface area (TPSA) is 155 Å². The molecule has 0 spiro atoms. The molecular formula is C54H93O11P. The van der Waals surface area contributed by atoms with E-state index >= 15 is 0 Å². The predicted molar refractivity (Wildman–Crippen MR) is 270 cm³/mol. The molecule has 2 N–H and O–H groups in total. The molecule has 0 saturated heterocycles. The Morgan fingerprint density at radius 3 is 1.18 bits per heavy atom. The second-order valence-electron chi connectivity index (χ2n) is 17.0. The largest absolute Gasteiger partial charge is 0.472 e. The molecule has 0 aliphatic heterocycles. The number of phosphoric ester groups is 1. The van der Waals surface area contributed by atoms with Crippen molar-refractivity contribution >= 4 is 25.7 Å². The number of rotatable bonds is 47. The number of ether oxygens (including phenoxy) is 3. The van der Waals surface area contributed by atoms with E-state index in [0.717, 1.165) is 77.0 Å². The molecule has 0 rings (SSSR count). The van der Waals surface area contributed by atoms with Gasteiger partial charge in [0.15, 0.2) is 6.10 Å². The van der Waals surface area contributed by atoms with Gasteiger partial charge in [-0.05, 0) is 57.8 Å². The predicted octanol–water partition coefficient (Wildman–Crippen LogP) is 14.6. The summed E-state index contributed by atoms with van der Waals surface area (Å²) in [5.74, 6) is -1.57. The first-order valence-corrected chi connectivity index (χ1v) is 27.3. The van der Waals surface area contributed by atoms with Crippen molar-refractivity contribution in [2.45, 2.75) is 226 Å². The lowest BCUT2D eigenvalue weighted by molar-refractivity contribution is -0.161. The van der Waals surface area contributed by atoms with Gasteiger partial charge in [-0.3, -0.25) is 23.4 Å². The van der Waals surface area contributed by atoms with Gasteiger partial charge in [0.1, 0.15) is 12.7 Å². The van der Waals surface area contributed by atoms with Crippen LogP contribution in [0.4, 0.5) is 0 Å². The van der Waals surface area contributed by atoms with Crippen LogP contribution in [-0.2, 0) is 42.2 Å². The molecule has 0 aromatic carbocycles. The van der Waals surface area contributed by atoms with E-state index in [4.69, 9.17) is 23.3 Å². The summed E-state index contributed by atoms with van der Waals surface area (Å²) in [7, 11) is -4.75. The highest BCUT2D eigenvalue weighted by Crippen LogP contribution is 2.43. The first kappa shape index (κ1) is 62.9. The number of carbonyl (C=O) groups is 3. The van der Waals surface area contributed by atoms with Gasteiger partial charge in [0.2, 0.25) is 0 Å². The van der Waals surface area contributed by atoms with Gasteiger partial charge in [0, 0.05) is 19.3 Å². The third-order valence-corrected chi connectivity index (χ3v) is 11.6. The van der Waals surface area contributed by atoms with Gasteiger partial charge in [-0.2, -0.15) is 0 Å². The van der Waals surface area contributed by atoms with Crippen molar-refractivity contribution in [1.82, 2.24) is 0 Å². The summed E-state index contributed by atoms with van der Waals surface area (Å²) in [6.07, 6.45) is 51.8. The summed E-state index contributed by atoms with van der Waals surface area (Å²) >= 11 is 0. The first-order chi connectivity index (χ1) is 32.2. The van der Waals surface area contributed by atoms with Gasteiger partial charge in [-0.15, -0.1) is 0 Å². The van der Waals surface area contributed by atoms with E-state index in [2.05, 4.69) is 81.5 Å². The maximum Gasteiger partial charge on any atom is 0.472 e. The van der Waals surface area contributed by atoms with Crippen molar-refractivity contribution in [1.29, 1.82) is 0 Å². The monoisotopic (exact) mass is 949 g/mol. The maximum absolute atomic E-state index is 12.8. The van der Waals surface area contributed by atoms with Crippen molar-refractivity contribution < 1.29 is 52.2 Å². The number of hydrogen-bond donors (Lipinski definition) is 2. The highest BCUT2D eigenvalue weighted by atomic mass is 31.2. The smallest absolute Gasteiger partial charge is 0.462 e. The molecule has 380 valence electrons. The Morgan fingerprint density at radius 1 is 0.439 bits per heavy atom. The zero-order valence-electron chi connectivity index (χ0n) is 41.6. The van der Waals surface area contributed by atoms with E-state index in [-0.39, 0.29) is 25.9 Å². The number of allylic oxidation sites excluding steroid dienone is 12. The fourth-order valence-electron chi connectivity index (χ4n) is 6.73. The molecule has 0 saturated carbocycles. The number of phosphoric acid groups is 1. The van der Waals surface area contributed by atoms with E-state index in [1.165, 1.54) is 77.0 Å². The van der Waals surface area contributed by atoms with Gasteiger partial charge in [-0.1, -0.05) is 209 Å². The third-order valence-electron chi connectivity index (χ3n) is 10.7. The van der Waals surface area contributed by atoms with Crippen LogP contribution in [0.1, 0.15) is 213 Å². The Morgan fingerprint density at radius 2 is 0.788 bits per heavy atom. The van der Waals surface area contributed by atoms with Crippen LogP contribution in [0.15, 0.2) is 72.9 Å². The lowest BCUT2D eigenvalue weighted by atomic mass is 10.1. The highest BCUT2D eigenvalue weighted by molar-refractivity contribution is 7.47. The lowest BCUT2D eigenvalue weighted by Crippen LogP contribution is -2.30. The normalized spacial score (nSPS) is 14.1. The molecule has 0 amide bonds. The number of hydrogen-bond acceptors (Lipinski definition) is 10. The minimum absolute atomic E-state index is 0.102. The summed E-state index contributed by atoms with van der Waals surface area (Å²) in [4.78, 5) is 48.1. The lowest BCUT2D eigenvalue weighted by Gasteiger charge is -2.21. The fraction of sp³-hybridized carbons (Fsp3) is 0.722. The summed E-state index contributed by atoms with van der Waals surface area (Å²) in [5, 5.41) is 9.73. The Bertz CT molecular complexity index is 1390. The van der Waals surface area contributed by atoms with Gasteiger partial charge in [0.25, 0.3) is 0 Å². The van der Waals surface area contributed by atoms with E-state index < -0.39 is 57.8 Å². The number of aliphatic hydroxyl groups is 1. The number of esters is 3. The molecule has 0 heterocycles. The Balaban J connectivity index is 4.82. The molecule has 0 aliphatic carbocycles. The summed E-state index contributed by atoms with van der Waals surface area (Å²) in [6.45, 7) is 4.40. The molecule has 0 aromatic heterocycles. The van der Waals surface area contributed by atoms with Crippen LogP contribution < -0.4 is 0 Å². The van der Waals surface area contributed by atoms with Gasteiger partial charge in [0.05, 0.1) is 19.8 Å². The van der Waals surface area contributed by atoms with Crippen LogP contribution in [0.3, 0.4) is 0 Å². The SMILES string of the molecule is CC/C=C\C/C=C\C/C=C\C/C=C\C/C=C\C/C=C\CCC(=O)OCC(COP(=O)(O)OCC(CO)OC(=O)CCCCCCCCCCC)OC(=O)CCCCCCCCCCCCC. The van der Waals surface area contributed by atoms with E-state index in [0.29, 0.717) is 19.3 Å². The summed E-state index contributed by atoms with van der Waals surface area (Å²) in [5.41, 5.74) is 0. The van der Waals surface area contributed by atoms with Crippen molar-refractivity contribution in [2.24, 2.45) is 0 Å². The summed E-state index contributed by atoms with van der Waals surface area (Å²) < 4.78 is 39.2. The van der Waals surface area contributed by atoms with Gasteiger partial charge < -0.3 is 24.2 Å². The average molecular weight is 949 g/mol. The van der Waals surface area contributed by atoms with Gasteiger partial charge >= 0.3 is 25.7 Å². The molecular weight excluding hydrogens is 856 g/mol. The van der Waals surface area contributed by atoms with E-state index in [1.807, 2.05) is 12.2 Å². The summed E-state index contributed by atoms with van der Waals surface area (Å²) in [6, 6.07) is 0. The first-order valence-electron chi connectivity index (χ1n) is 25.8. The molecule has 66 heavy (non-hydrogen) atoms. The van der Waals surface area contributed by atoms with Crippen LogP contribution in [0.25, 0.3) is 0 Å². The Labute approximate surface area is 401 Å². The minimum Gasteiger partial charge on any atom is -0.462 e. The zero-order chi connectivity index (χ0) is 48.4. The third kappa shape index (κ3) is 46.0. The Hall–Kier alpha value is -3.08. The Kier molecular flexibility index (Phi) is 46.1. The highest BCUT2D eigenvalue weighted by Gasteiger charge is 2.28. The zero-order valence-corrected chi connectivity index (χ0v) is 42.5. The van der Waals surface area contributed by atoms with Crippen molar-refractivity contribution in [3.05, 3.63) is 72.9 Å². The molecule has 0 aromatic rings. The van der Waals surface area contributed by atoms with Gasteiger partial charge in [-0.25, -0.2) is 4.57 Å². The molecule has 0 radical (unpaired) electrons. The van der Waals surface area contributed by atoms with Crippen molar-refractivity contribution in [3.8, 4) is 0 Å². The second kappa shape index (κ2) is 48.4. The molecule has 3 atom stereocenters. The maximum atomic E-state index is 12.8. The quantitative estimate of drug-likeness (QED) is 0.0197. The van der Waals surface area contributed by atoms with Crippen LogP contribution in [-0.4, -0.2) is 66.5 Å². The van der Waals surface area contributed by atoms with Crippen molar-refractivity contribution in [3.63, 3.8) is 0 Å². The second-order valence-corrected chi connectivity index (χ2v) is 18.4. The fourth-order valence-corrected chi connectivity index (χ4v) is 7.52. The molecule has 12 heteroatoms. The molecule has 0 aliphatic rings. The standard InChI is InChI=1S/C54H93O11P/c1-4-7-10-13-16-19-21-22-23-24-25-26-27-28-30-32-34-37-40-43-52(56)61-47-51(65-54(58)45-42-39-36-33-29-20-17-14-11-8-5-2)49-63-66(59,60)62-48-50(46-55)64-53(57)44-41-38-35-31-18-15-12-9-6-3/h7,10,16,19,22-23,25-26,28,30,34,37,50-51,55H,4-6,8-9,11-15,17-18,20-21,24,27,29,31-33,35-36,38-49H2,1-3H3,(H,59,60)/b10-7-,19-16-,23-22-,26-25-,30-28-,37-34-. The van der Waals surface area contributed by atoms with Crippen molar-refractivity contribution in [2.75, 3.05) is 26.4 Å².